The van der Waals surface area contributed by atoms with Gasteiger partial charge in [0.25, 0.3) is 0 Å². The van der Waals surface area contributed by atoms with Gasteiger partial charge in [-0.25, -0.2) is 9.38 Å². The molecule has 3 aromatic carbocycles. The first-order valence-electron chi connectivity index (χ1n) is 9.85. The number of amidine groups is 1. The number of hydrogen-bond donors (Lipinski definition) is 1. The van der Waals surface area contributed by atoms with Gasteiger partial charge in [0, 0.05) is 21.2 Å². The van der Waals surface area contributed by atoms with Crippen LogP contribution in [0, 0.1) is 5.82 Å². The van der Waals surface area contributed by atoms with E-state index in [0.717, 1.165) is 51.2 Å². The molecule has 0 fully saturated rings. The molecule has 4 rings (SSSR count). The predicted octanol–water partition coefficient (Wildman–Crippen LogP) is 6.20. The summed E-state index contributed by atoms with van der Waals surface area (Å²) in [5, 5.41) is 4.64. The van der Waals surface area contributed by atoms with Crippen molar-refractivity contribution in [3.05, 3.63) is 93.7 Å². The third-order valence-electron chi connectivity index (χ3n) is 4.73. The van der Waals surface area contributed by atoms with E-state index in [1.807, 2.05) is 42.5 Å². The topological polar surface area (TPSA) is 46.0 Å². The Labute approximate surface area is 183 Å². The molecule has 152 valence electrons. The highest BCUT2D eigenvalue weighted by atomic mass is 79.9. The number of hydrogen-bond acceptors (Lipinski definition) is 4. The van der Waals surface area contributed by atoms with Gasteiger partial charge in [-0.3, -0.25) is 5.43 Å². The molecule has 1 aliphatic rings. The number of hydrazone groups is 1. The van der Waals surface area contributed by atoms with Gasteiger partial charge in [-0.2, -0.15) is 5.10 Å². The van der Waals surface area contributed by atoms with Crippen molar-refractivity contribution < 1.29 is 9.13 Å². The van der Waals surface area contributed by atoms with Crippen LogP contribution in [-0.2, 0) is 0 Å². The first kappa shape index (κ1) is 20.3. The van der Waals surface area contributed by atoms with Crippen LogP contribution in [0.2, 0.25) is 0 Å². The highest BCUT2D eigenvalue weighted by molar-refractivity contribution is 9.10. The molecule has 0 unspecified atom stereocenters. The second kappa shape index (κ2) is 9.22. The zero-order valence-corrected chi connectivity index (χ0v) is 18.1. The van der Waals surface area contributed by atoms with E-state index in [2.05, 4.69) is 33.4 Å². The summed E-state index contributed by atoms with van der Waals surface area (Å²) >= 11 is 3.55. The normalized spacial score (nSPS) is 12.9. The van der Waals surface area contributed by atoms with Crippen molar-refractivity contribution in [3.63, 3.8) is 0 Å². The molecular formula is C24H21BrFN3O. The zero-order chi connectivity index (χ0) is 20.9. The number of ether oxygens (including phenoxy) is 1. The summed E-state index contributed by atoms with van der Waals surface area (Å²) < 4.78 is 20.0. The Morgan fingerprint density at radius 1 is 0.967 bits per heavy atom. The Kier molecular flexibility index (Phi) is 6.23. The van der Waals surface area contributed by atoms with Crippen molar-refractivity contribution in [1.82, 2.24) is 5.43 Å². The SMILES string of the molecule is CCCCOc1ccc(C2=NNC(c3ccc(F)cc3)=Nc3ccc(Br)cc32)cc1. The van der Waals surface area contributed by atoms with Crippen LogP contribution in [0.25, 0.3) is 0 Å². The number of rotatable bonds is 6. The quantitative estimate of drug-likeness (QED) is 0.440. The van der Waals surface area contributed by atoms with E-state index in [4.69, 9.17) is 9.73 Å². The molecule has 0 aliphatic carbocycles. The minimum Gasteiger partial charge on any atom is -0.494 e. The molecule has 0 spiro atoms. The molecule has 0 aromatic heterocycles. The van der Waals surface area contributed by atoms with Crippen molar-refractivity contribution in [3.8, 4) is 5.75 Å². The Hall–Kier alpha value is -2.99. The lowest BCUT2D eigenvalue weighted by molar-refractivity contribution is 0.309. The van der Waals surface area contributed by atoms with Crippen molar-refractivity contribution in [2.24, 2.45) is 10.1 Å². The molecule has 0 amide bonds. The predicted molar refractivity (Wildman–Crippen MR) is 122 cm³/mol. The molecule has 30 heavy (non-hydrogen) atoms. The average molecular weight is 466 g/mol. The first-order chi connectivity index (χ1) is 14.6. The number of halogens is 2. The zero-order valence-electron chi connectivity index (χ0n) is 16.5. The van der Waals surface area contributed by atoms with Gasteiger partial charge < -0.3 is 4.74 Å². The van der Waals surface area contributed by atoms with E-state index < -0.39 is 0 Å². The molecule has 0 atom stereocenters. The lowest BCUT2D eigenvalue weighted by Gasteiger charge is -2.10. The molecule has 3 aromatic rings. The molecule has 1 N–H and O–H groups in total. The van der Waals surface area contributed by atoms with E-state index in [1.165, 1.54) is 12.1 Å². The van der Waals surface area contributed by atoms with E-state index in [0.29, 0.717) is 12.4 Å². The third kappa shape index (κ3) is 4.60. The fraction of sp³-hybridized carbons (Fsp3) is 0.167. The van der Waals surface area contributed by atoms with Crippen molar-refractivity contribution in [1.29, 1.82) is 0 Å². The van der Waals surface area contributed by atoms with Crippen LogP contribution in [0.15, 0.2) is 81.3 Å². The van der Waals surface area contributed by atoms with Gasteiger partial charge >= 0.3 is 0 Å². The molecule has 1 aliphatic heterocycles. The van der Waals surface area contributed by atoms with E-state index >= 15 is 0 Å². The van der Waals surface area contributed by atoms with Crippen LogP contribution in [0.5, 0.6) is 5.75 Å². The Balaban J connectivity index is 1.69. The van der Waals surface area contributed by atoms with E-state index in [1.54, 1.807) is 12.1 Å². The van der Waals surface area contributed by atoms with Gasteiger partial charge in [0.15, 0.2) is 5.84 Å². The monoisotopic (exact) mass is 465 g/mol. The molecule has 1 heterocycles. The van der Waals surface area contributed by atoms with Gasteiger partial charge in [-0.05, 0) is 73.2 Å². The van der Waals surface area contributed by atoms with Gasteiger partial charge in [0.1, 0.15) is 17.3 Å². The summed E-state index contributed by atoms with van der Waals surface area (Å²) in [5.74, 6) is 1.11. The summed E-state index contributed by atoms with van der Waals surface area (Å²) in [4.78, 5) is 4.75. The number of benzene rings is 3. The van der Waals surface area contributed by atoms with Crippen molar-refractivity contribution >= 4 is 33.2 Å². The first-order valence-corrected chi connectivity index (χ1v) is 10.6. The summed E-state index contributed by atoms with van der Waals surface area (Å²) in [6.45, 7) is 2.85. The molecule has 4 nitrogen and oxygen atoms in total. The van der Waals surface area contributed by atoms with Gasteiger partial charge in [0.05, 0.1) is 12.3 Å². The Morgan fingerprint density at radius 3 is 2.43 bits per heavy atom. The van der Waals surface area contributed by atoms with Gasteiger partial charge in [-0.1, -0.05) is 29.3 Å². The maximum absolute atomic E-state index is 13.3. The number of fused-ring (bicyclic) bond motifs is 1. The number of nitrogens with zero attached hydrogens (tertiary/aromatic N) is 2. The van der Waals surface area contributed by atoms with Crippen LogP contribution >= 0.6 is 15.9 Å². The van der Waals surface area contributed by atoms with E-state index in [-0.39, 0.29) is 5.82 Å². The number of unbranched alkanes of at least 4 members (excludes halogenated alkanes) is 1. The molecule has 0 saturated carbocycles. The maximum atomic E-state index is 13.3. The van der Waals surface area contributed by atoms with Gasteiger partial charge in [-0.15, -0.1) is 0 Å². The van der Waals surface area contributed by atoms with Crippen LogP contribution in [0.1, 0.15) is 36.5 Å². The summed E-state index contributed by atoms with van der Waals surface area (Å²) in [6, 6.07) is 20.0. The second-order valence-corrected chi connectivity index (χ2v) is 7.84. The van der Waals surface area contributed by atoms with Crippen molar-refractivity contribution in [2.75, 3.05) is 6.61 Å². The van der Waals surface area contributed by atoms with Crippen molar-refractivity contribution in [2.45, 2.75) is 19.8 Å². The Bertz CT molecular complexity index is 1090. The molecule has 0 bridgehead atoms. The molecule has 0 saturated heterocycles. The number of nitrogens with one attached hydrogen (secondary N) is 1. The third-order valence-corrected chi connectivity index (χ3v) is 5.22. The lowest BCUT2D eigenvalue weighted by Crippen LogP contribution is -2.19. The largest absolute Gasteiger partial charge is 0.494 e. The average Bonchev–Trinajstić information content (AvgIpc) is 2.94. The van der Waals surface area contributed by atoms with Crippen LogP contribution in [-0.4, -0.2) is 18.2 Å². The fourth-order valence-corrected chi connectivity index (χ4v) is 3.47. The van der Waals surface area contributed by atoms with Crippen LogP contribution in [0.3, 0.4) is 0 Å². The maximum Gasteiger partial charge on any atom is 0.154 e. The minimum atomic E-state index is -0.289. The minimum absolute atomic E-state index is 0.289. The highest BCUT2D eigenvalue weighted by Crippen LogP contribution is 2.29. The second-order valence-electron chi connectivity index (χ2n) is 6.93. The summed E-state index contributed by atoms with van der Waals surface area (Å²) in [5.41, 5.74) is 7.21. The standard InChI is InChI=1S/C24H21BrFN3O/c1-2-3-14-30-20-11-6-16(7-12-20)23-21-15-18(25)8-13-22(21)27-24(29-28-23)17-4-9-19(26)10-5-17/h4-13,15H,2-3,14H2,1H3,(H,27,29). The van der Waals surface area contributed by atoms with E-state index in [9.17, 15) is 4.39 Å². The van der Waals surface area contributed by atoms with Gasteiger partial charge in [0.2, 0.25) is 0 Å². The van der Waals surface area contributed by atoms with Crippen LogP contribution in [0.4, 0.5) is 10.1 Å². The summed E-state index contributed by atoms with van der Waals surface area (Å²) in [7, 11) is 0. The number of aliphatic imine (C=N–C) groups is 1. The summed E-state index contributed by atoms with van der Waals surface area (Å²) in [6.07, 6.45) is 2.13. The fourth-order valence-electron chi connectivity index (χ4n) is 3.11. The highest BCUT2D eigenvalue weighted by Gasteiger charge is 2.18. The molecular weight excluding hydrogens is 445 g/mol. The Morgan fingerprint density at radius 2 is 1.70 bits per heavy atom. The molecule has 0 radical (unpaired) electrons. The lowest BCUT2D eigenvalue weighted by atomic mass is 10.0. The van der Waals surface area contributed by atoms with Crippen LogP contribution < -0.4 is 10.2 Å². The molecule has 6 heteroatoms. The smallest absolute Gasteiger partial charge is 0.154 e.